The molecule has 0 bridgehead atoms. The van der Waals surface area contributed by atoms with Gasteiger partial charge in [0.15, 0.2) is 0 Å². The summed E-state index contributed by atoms with van der Waals surface area (Å²) in [6, 6.07) is 5.31. The number of hydrogen-bond donors (Lipinski definition) is 2. The average molecular weight is 232 g/mol. The molecule has 1 aromatic rings. The molecule has 12 heavy (non-hydrogen) atoms. The maximum atomic E-state index is 9.28. The summed E-state index contributed by atoms with van der Waals surface area (Å²) in [6.45, 7) is 0.561. The van der Waals surface area contributed by atoms with Crippen molar-refractivity contribution < 1.29 is 9.94 Å². The van der Waals surface area contributed by atoms with Gasteiger partial charge in [-0.2, -0.15) is 5.48 Å². The van der Waals surface area contributed by atoms with E-state index >= 15 is 0 Å². The van der Waals surface area contributed by atoms with Gasteiger partial charge in [0.2, 0.25) is 0 Å². The molecule has 66 valence electrons. The number of phenolic OH excluding ortho intramolecular Hbond substituents is 1. The molecule has 0 saturated heterocycles. The zero-order chi connectivity index (χ0) is 8.97. The maximum Gasteiger partial charge on any atom is 0.130 e. The van der Waals surface area contributed by atoms with E-state index in [0.29, 0.717) is 11.0 Å². The molecule has 1 rings (SSSR count). The van der Waals surface area contributed by atoms with Crippen LogP contribution in [0.3, 0.4) is 0 Å². The van der Waals surface area contributed by atoms with Gasteiger partial charge in [-0.3, -0.25) is 0 Å². The summed E-state index contributed by atoms with van der Waals surface area (Å²) < 4.78 is 0.703. The largest absolute Gasteiger partial charge is 0.507 e. The number of hydroxylamine groups is 1. The molecular weight excluding hydrogens is 222 g/mol. The van der Waals surface area contributed by atoms with Crippen LogP contribution in [0.2, 0.25) is 0 Å². The monoisotopic (exact) mass is 231 g/mol. The Morgan fingerprint density at radius 1 is 1.58 bits per heavy atom. The van der Waals surface area contributed by atoms with Gasteiger partial charge in [0.05, 0.1) is 11.6 Å². The number of hydrogen-bond acceptors (Lipinski definition) is 3. The van der Waals surface area contributed by atoms with Gasteiger partial charge in [-0.15, -0.1) is 0 Å². The molecule has 2 N–H and O–H groups in total. The minimum absolute atomic E-state index is 0.241. The Bertz CT molecular complexity index is 265. The fourth-order valence-electron chi connectivity index (χ4n) is 0.853. The van der Waals surface area contributed by atoms with Crippen LogP contribution in [0.5, 0.6) is 5.75 Å². The van der Waals surface area contributed by atoms with Crippen LogP contribution in [0.4, 0.5) is 0 Å². The summed E-state index contributed by atoms with van der Waals surface area (Å²) in [6.07, 6.45) is 0. The van der Waals surface area contributed by atoms with Crippen molar-refractivity contribution in [2.24, 2.45) is 0 Å². The van der Waals surface area contributed by atoms with Crippen LogP contribution in [-0.2, 0) is 11.4 Å². The lowest BCUT2D eigenvalue weighted by Gasteiger charge is -2.05. The van der Waals surface area contributed by atoms with Crippen molar-refractivity contribution >= 4 is 15.9 Å². The van der Waals surface area contributed by atoms with E-state index in [-0.39, 0.29) is 5.75 Å². The van der Waals surface area contributed by atoms with E-state index in [9.17, 15) is 5.11 Å². The van der Waals surface area contributed by atoms with Gasteiger partial charge in [0.25, 0.3) is 0 Å². The molecule has 0 spiro atoms. The molecule has 0 unspecified atom stereocenters. The number of aromatic hydroxyl groups is 1. The molecule has 0 amide bonds. The average Bonchev–Trinajstić information content (AvgIpc) is 2.08. The van der Waals surface area contributed by atoms with E-state index in [4.69, 9.17) is 0 Å². The van der Waals surface area contributed by atoms with Crippen LogP contribution in [0.25, 0.3) is 0 Å². The molecule has 0 aliphatic heterocycles. The van der Waals surface area contributed by atoms with Crippen molar-refractivity contribution in [3.05, 3.63) is 28.2 Å². The minimum Gasteiger partial charge on any atom is -0.507 e. The molecule has 0 aliphatic carbocycles. The number of halogens is 1. The normalized spacial score (nSPS) is 10.2. The standard InChI is InChI=1S/C8H10BrNO2/c1-12-10-5-6-3-2-4-7(11)8(6)9/h2-4,10-11H,5H2,1H3. The summed E-state index contributed by atoms with van der Waals surface area (Å²) in [7, 11) is 1.55. The highest BCUT2D eigenvalue weighted by molar-refractivity contribution is 9.10. The highest BCUT2D eigenvalue weighted by Crippen LogP contribution is 2.26. The van der Waals surface area contributed by atoms with Crippen molar-refractivity contribution in [3.8, 4) is 5.75 Å². The second-order valence-corrected chi connectivity index (χ2v) is 3.07. The van der Waals surface area contributed by atoms with Crippen LogP contribution in [0.1, 0.15) is 5.56 Å². The van der Waals surface area contributed by atoms with Crippen LogP contribution in [-0.4, -0.2) is 12.2 Å². The molecule has 0 aliphatic rings. The molecule has 1 aromatic carbocycles. The SMILES string of the molecule is CONCc1cccc(O)c1Br. The summed E-state index contributed by atoms with van der Waals surface area (Å²) in [4.78, 5) is 4.69. The Morgan fingerprint density at radius 3 is 3.00 bits per heavy atom. The van der Waals surface area contributed by atoms with E-state index in [1.54, 1.807) is 19.2 Å². The first-order valence-electron chi connectivity index (χ1n) is 3.48. The van der Waals surface area contributed by atoms with Crippen molar-refractivity contribution in [3.63, 3.8) is 0 Å². The Balaban J connectivity index is 2.78. The third-order valence-electron chi connectivity index (χ3n) is 1.47. The van der Waals surface area contributed by atoms with Gasteiger partial charge >= 0.3 is 0 Å². The van der Waals surface area contributed by atoms with Crippen molar-refractivity contribution in [1.29, 1.82) is 0 Å². The van der Waals surface area contributed by atoms with E-state index in [2.05, 4.69) is 26.2 Å². The Labute approximate surface area is 79.4 Å². The first-order chi connectivity index (χ1) is 5.75. The van der Waals surface area contributed by atoms with Crippen molar-refractivity contribution in [1.82, 2.24) is 5.48 Å². The van der Waals surface area contributed by atoms with Crippen LogP contribution in [0, 0.1) is 0 Å². The van der Waals surface area contributed by atoms with Gasteiger partial charge < -0.3 is 9.94 Å². The fraction of sp³-hybridized carbons (Fsp3) is 0.250. The van der Waals surface area contributed by atoms with Crippen molar-refractivity contribution in [2.75, 3.05) is 7.11 Å². The first kappa shape index (κ1) is 9.51. The summed E-state index contributed by atoms with van der Waals surface area (Å²) in [5, 5.41) is 9.28. The van der Waals surface area contributed by atoms with Gasteiger partial charge in [-0.05, 0) is 27.6 Å². The zero-order valence-electron chi connectivity index (χ0n) is 6.67. The highest BCUT2D eigenvalue weighted by Gasteiger charge is 2.02. The lowest BCUT2D eigenvalue weighted by atomic mass is 10.2. The smallest absolute Gasteiger partial charge is 0.130 e. The molecule has 0 heterocycles. The van der Waals surface area contributed by atoms with Gasteiger partial charge in [0, 0.05) is 6.54 Å². The zero-order valence-corrected chi connectivity index (χ0v) is 8.26. The molecule has 3 nitrogen and oxygen atoms in total. The topological polar surface area (TPSA) is 41.5 Å². The lowest BCUT2D eigenvalue weighted by molar-refractivity contribution is 0.0865. The number of benzene rings is 1. The predicted molar refractivity (Wildman–Crippen MR) is 49.7 cm³/mol. The van der Waals surface area contributed by atoms with E-state index in [1.165, 1.54) is 0 Å². The number of rotatable bonds is 3. The van der Waals surface area contributed by atoms with E-state index in [1.807, 2.05) is 6.07 Å². The second-order valence-electron chi connectivity index (χ2n) is 2.28. The summed E-state index contributed by atoms with van der Waals surface area (Å²) >= 11 is 3.26. The third-order valence-corrected chi connectivity index (χ3v) is 2.38. The molecule has 0 radical (unpaired) electrons. The maximum absolute atomic E-state index is 9.28. The van der Waals surface area contributed by atoms with Gasteiger partial charge in [-0.1, -0.05) is 12.1 Å². The van der Waals surface area contributed by atoms with Crippen molar-refractivity contribution in [2.45, 2.75) is 6.54 Å². The molecule has 0 saturated carbocycles. The Kier molecular flexibility index (Phi) is 3.52. The third kappa shape index (κ3) is 2.20. The van der Waals surface area contributed by atoms with E-state index in [0.717, 1.165) is 5.56 Å². The predicted octanol–water partition coefficient (Wildman–Crippen LogP) is 1.81. The molecule has 0 aromatic heterocycles. The molecule has 0 fully saturated rings. The number of phenols is 1. The first-order valence-corrected chi connectivity index (χ1v) is 4.27. The van der Waals surface area contributed by atoms with Gasteiger partial charge in [-0.25, -0.2) is 0 Å². The Hall–Kier alpha value is -0.580. The van der Waals surface area contributed by atoms with Crippen LogP contribution >= 0.6 is 15.9 Å². The van der Waals surface area contributed by atoms with Crippen LogP contribution in [0.15, 0.2) is 22.7 Å². The quantitative estimate of drug-likeness (QED) is 0.781. The summed E-state index contributed by atoms with van der Waals surface area (Å²) in [5.74, 6) is 0.241. The molecular formula is C8H10BrNO2. The molecule has 0 atom stereocenters. The summed E-state index contributed by atoms with van der Waals surface area (Å²) in [5.41, 5.74) is 3.65. The van der Waals surface area contributed by atoms with Gasteiger partial charge in [0.1, 0.15) is 5.75 Å². The fourth-order valence-corrected chi connectivity index (χ4v) is 1.26. The lowest BCUT2D eigenvalue weighted by Crippen LogP contribution is -2.10. The second kappa shape index (κ2) is 4.45. The minimum atomic E-state index is 0.241. The highest BCUT2D eigenvalue weighted by atomic mass is 79.9. The molecule has 4 heteroatoms. The number of nitrogens with one attached hydrogen (secondary N) is 1. The Morgan fingerprint density at radius 2 is 2.33 bits per heavy atom. The van der Waals surface area contributed by atoms with Crippen LogP contribution < -0.4 is 5.48 Å². The van der Waals surface area contributed by atoms with E-state index < -0.39 is 0 Å².